The largest absolute Gasteiger partial charge is 0.368 e. The van der Waals surface area contributed by atoms with Gasteiger partial charge >= 0.3 is 0 Å². The summed E-state index contributed by atoms with van der Waals surface area (Å²) in [7, 11) is 1.88. The van der Waals surface area contributed by atoms with Gasteiger partial charge in [-0.2, -0.15) is 10.1 Å². The molecule has 2 rings (SSSR count). The smallest absolute Gasteiger partial charge is 0.230 e. The number of anilines is 3. The van der Waals surface area contributed by atoms with Gasteiger partial charge in [0, 0.05) is 50.0 Å². The van der Waals surface area contributed by atoms with Crippen molar-refractivity contribution in [1.82, 2.24) is 24.6 Å². The third-order valence-corrected chi connectivity index (χ3v) is 4.02. The Bertz CT molecular complexity index is 640. The van der Waals surface area contributed by atoms with E-state index in [4.69, 9.17) is 0 Å². The van der Waals surface area contributed by atoms with E-state index in [-0.39, 0.29) is 0 Å². The van der Waals surface area contributed by atoms with Crippen molar-refractivity contribution in [2.45, 2.75) is 46.7 Å². The number of aryl methyl sites for hydroxylation is 2. The minimum absolute atomic E-state index is 0.528. The van der Waals surface area contributed by atoms with E-state index in [0.717, 1.165) is 30.3 Å². The van der Waals surface area contributed by atoms with Crippen LogP contribution in [0, 0.1) is 6.92 Å². The molecule has 0 radical (unpaired) electrons. The lowest BCUT2D eigenvalue weighted by atomic mass is 10.2. The van der Waals surface area contributed by atoms with Gasteiger partial charge in [-0.25, -0.2) is 4.98 Å². The predicted molar refractivity (Wildman–Crippen MR) is 98.7 cm³/mol. The molecular formula is C17H29N7. The molecule has 0 saturated heterocycles. The van der Waals surface area contributed by atoms with Crippen molar-refractivity contribution >= 4 is 17.6 Å². The predicted octanol–water partition coefficient (Wildman–Crippen LogP) is 2.79. The number of nitrogens with one attached hydrogen (secondary N) is 2. The molecule has 0 atom stereocenters. The molecule has 0 aliphatic carbocycles. The molecule has 0 spiro atoms. The molecule has 2 aromatic heterocycles. The number of aromatic nitrogens is 4. The van der Waals surface area contributed by atoms with Crippen LogP contribution in [0.5, 0.6) is 0 Å². The van der Waals surface area contributed by atoms with E-state index < -0.39 is 0 Å². The molecule has 7 nitrogen and oxygen atoms in total. The molecule has 0 fully saturated rings. The summed E-state index contributed by atoms with van der Waals surface area (Å²) in [6.45, 7) is 12.7. The summed E-state index contributed by atoms with van der Waals surface area (Å²) in [5.74, 6) is 2.29. The van der Waals surface area contributed by atoms with Crippen molar-refractivity contribution in [2.75, 3.05) is 23.7 Å². The molecule has 0 amide bonds. The Morgan fingerprint density at radius 2 is 1.92 bits per heavy atom. The van der Waals surface area contributed by atoms with Gasteiger partial charge in [0.05, 0.1) is 6.20 Å². The number of hydrogen-bond donors (Lipinski definition) is 2. The summed E-state index contributed by atoms with van der Waals surface area (Å²) >= 11 is 0. The van der Waals surface area contributed by atoms with Crippen molar-refractivity contribution in [3.8, 4) is 0 Å². The zero-order valence-corrected chi connectivity index (χ0v) is 15.5. The minimum atomic E-state index is 0.528. The summed E-state index contributed by atoms with van der Waals surface area (Å²) in [5.41, 5.74) is 1.03. The van der Waals surface area contributed by atoms with Gasteiger partial charge in [0.15, 0.2) is 0 Å². The summed E-state index contributed by atoms with van der Waals surface area (Å²) in [6.07, 6.45) is 3.57. The van der Waals surface area contributed by atoms with Gasteiger partial charge in [0.25, 0.3) is 0 Å². The van der Waals surface area contributed by atoms with Gasteiger partial charge in [-0.1, -0.05) is 0 Å². The van der Waals surface area contributed by atoms with Gasteiger partial charge in [-0.3, -0.25) is 9.58 Å². The fraction of sp³-hybridized carbons (Fsp3) is 0.588. The van der Waals surface area contributed by atoms with Gasteiger partial charge in [0.1, 0.15) is 11.6 Å². The fourth-order valence-corrected chi connectivity index (χ4v) is 2.71. The maximum absolute atomic E-state index is 4.58. The Hall–Kier alpha value is -2.15. The van der Waals surface area contributed by atoms with Crippen LogP contribution in [-0.2, 0) is 7.05 Å². The van der Waals surface area contributed by atoms with Crippen molar-refractivity contribution in [2.24, 2.45) is 7.05 Å². The molecule has 132 valence electrons. The van der Waals surface area contributed by atoms with E-state index in [1.54, 1.807) is 10.9 Å². The van der Waals surface area contributed by atoms with Crippen LogP contribution >= 0.6 is 0 Å². The van der Waals surface area contributed by atoms with E-state index in [1.165, 1.54) is 0 Å². The minimum Gasteiger partial charge on any atom is -0.368 e. The first-order valence-electron chi connectivity index (χ1n) is 8.46. The maximum atomic E-state index is 4.58. The zero-order valence-electron chi connectivity index (χ0n) is 15.5. The summed E-state index contributed by atoms with van der Waals surface area (Å²) in [4.78, 5) is 11.4. The molecule has 7 heteroatoms. The third kappa shape index (κ3) is 4.67. The molecule has 2 N–H and O–H groups in total. The average molecular weight is 331 g/mol. The second-order valence-electron chi connectivity index (χ2n) is 6.54. The quantitative estimate of drug-likeness (QED) is 0.775. The second kappa shape index (κ2) is 8.10. The van der Waals surface area contributed by atoms with E-state index in [1.807, 2.05) is 26.2 Å². The molecule has 24 heavy (non-hydrogen) atoms. The van der Waals surface area contributed by atoms with Crippen molar-refractivity contribution in [1.29, 1.82) is 0 Å². The van der Waals surface area contributed by atoms with Crippen LogP contribution in [0.2, 0.25) is 0 Å². The lowest BCUT2D eigenvalue weighted by Crippen LogP contribution is -2.40. The van der Waals surface area contributed by atoms with Crippen LogP contribution < -0.4 is 10.6 Å². The van der Waals surface area contributed by atoms with Gasteiger partial charge in [0.2, 0.25) is 5.95 Å². The van der Waals surface area contributed by atoms with E-state index in [2.05, 4.69) is 58.3 Å². The molecule has 2 heterocycles. The van der Waals surface area contributed by atoms with E-state index in [0.29, 0.717) is 18.0 Å². The number of nitrogens with zero attached hydrogens (tertiary/aromatic N) is 5. The first-order valence-corrected chi connectivity index (χ1v) is 8.46. The SMILES string of the molecule is Cc1cnc(Nc2ccnn2C)nc1NCCN(C(C)C)C(C)C. The Morgan fingerprint density at radius 3 is 2.50 bits per heavy atom. The van der Waals surface area contributed by atoms with Crippen LogP contribution in [0.3, 0.4) is 0 Å². The van der Waals surface area contributed by atoms with Crippen LogP contribution in [0.15, 0.2) is 18.5 Å². The second-order valence-corrected chi connectivity index (χ2v) is 6.54. The lowest BCUT2D eigenvalue weighted by molar-refractivity contribution is 0.182. The average Bonchev–Trinajstić information content (AvgIpc) is 2.91. The van der Waals surface area contributed by atoms with E-state index in [9.17, 15) is 0 Å². The standard InChI is InChI=1S/C17H29N7/c1-12(2)24(13(3)4)10-9-18-16-14(5)11-19-17(22-16)21-15-7-8-20-23(15)6/h7-8,11-13H,9-10H2,1-6H3,(H2,18,19,21,22). The molecule has 0 unspecified atom stereocenters. The van der Waals surface area contributed by atoms with Gasteiger partial charge in [-0.05, 0) is 34.6 Å². The molecule has 0 aliphatic heterocycles. The maximum Gasteiger partial charge on any atom is 0.230 e. The van der Waals surface area contributed by atoms with E-state index >= 15 is 0 Å². The Labute approximate surface area is 144 Å². The van der Waals surface area contributed by atoms with Crippen molar-refractivity contribution in [3.05, 3.63) is 24.0 Å². The highest BCUT2D eigenvalue weighted by molar-refractivity contribution is 5.52. The number of rotatable bonds is 8. The first kappa shape index (κ1) is 18.2. The first-order chi connectivity index (χ1) is 11.4. The number of hydrogen-bond acceptors (Lipinski definition) is 6. The monoisotopic (exact) mass is 331 g/mol. The Kier molecular flexibility index (Phi) is 6.14. The zero-order chi connectivity index (χ0) is 17.7. The third-order valence-electron chi connectivity index (χ3n) is 4.02. The van der Waals surface area contributed by atoms with Gasteiger partial charge in [-0.15, -0.1) is 0 Å². The molecule has 2 aromatic rings. The van der Waals surface area contributed by atoms with Crippen LogP contribution in [0.1, 0.15) is 33.3 Å². The molecule has 0 bridgehead atoms. The lowest BCUT2D eigenvalue weighted by Gasteiger charge is -2.30. The van der Waals surface area contributed by atoms with Crippen LogP contribution in [0.4, 0.5) is 17.6 Å². The molecular weight excluding hydrogens is 302 g/mol. The topological polar surface area (TPSA) is 70.9 Å². The molecule has 0 aliphatic rings. The summed E-state index contributed by atoms with van der Waals surface area (Å²) < 4.78 is 1.75. The summed E-state index contributed by atoms with van der Waals surface area (Å²) in [6, 6.07) is 2.94. The highest BCUT2D eigenvalue weighted by atomic mass is 15.3. The molecule has 0 saturated carbocycles. The van der Waals surface area contributed by atoms with Gasteiger partial charge < -0.3 is 10.6 Å². The highest BCUT2D eigenvalue weighted by Crippen LogP contribution is 2.16. The van der Waals surface area contributed by atoms with Crippen molar-refractivity contribution < 1.29 is 0 Å². The summed E-state index contributed by atoms with van der Waals surface area (Å²) in [5, 5.41) is 10.7. The highest BCUT2D eigenvalue weighted by Gasteiger charge is 2.13. The fourth-order valence-electron chi connectivity index (χ4n) is 2.71. The Balaban J connectivity index is 2.00. The normalized spacial score (nSPS) is 11.5. The Morgan fingerprint density at radius 1 is 1.21 bits per heavy atom. The van der Waals surface area contributed by atoms with Crippen LogP contribution in [0.25, 0.3) is 0 Å². The van der Waals surface area contributed by atoms with Crippen molar-refractivity contribution in [3.63, 3.8) is 0 Å². The van der Waals surface area contributed by atoms with Crippen LogP contribution in [-0.4, -0.2) is 49.8 Å². The molecule has 0 aromatic carbocycles.